The fourth-order valence-electron chi connectivity index (χ4n) is 4.85. The Hall–Kier alpha value is -3.16. The Morgan fingerprint density at radius 1 is 1.14 bits per heavy atom. The van der Waals surface area contributed by atoms with Crippen LogP contribution in [0.1, 0.15) is 42.8 Å². The van der Waals surface area contributed by atoms with Gasteiger partial charge in [-0.2, -0.15) is 0 Å². The Kier molecular flexibility index (Phi) is 4.15. The van der Waals surface area contributed by atoms with Crippen LogP contribution in [0.4, 0.5) is 5.95 Å². The number of amides is 1. The molecule has 1 saturated heterocycles. The molecule has 3 heterocycles. The number of fused-ring (bicyclic) bond motifs is 3. The van der Waals surface area contributed by atoms with Crippen LogP contribution in [0, 0.1) is 0 Å². The van der Waals surface area contributed by atoms with E-state index in [9.17, 15) is 9.59 Å². The first-order chi connectivity index (χ1) is 14.0. The minimum atomic E-state index is -0.118. The molecule has 29 heavy (non-hydrogen) atoms. The topological polar surface area (TPSA) is 121 Å². The van der Waals surface area contributed by atoms with Crippen LogP contribution in [0.2, 0.25) is 0 Å². The number of rotatable bonds is 3. The maximum Gasteiger partial charge on any atom is 0.255 e. The summed E-state index contributed by atoms with van der Waals surface area (Å²) >= 11 is 0. The highest BCUT2D eigenvalue weighted by Gasteiger charge is 2.44. The zero-order valence-electron chi connectivity index (χ0n) is 16.2. The van der Waals surface area contributed by atoms with Crippen LogP contribution in [0.25, 0.3) is 11.0 Å². The summed E-state index contributed by atoms with van der Waals surface area (Å²) in [6.07, 6.45) is 4.33. The van der Waals surface area contributed by atoms with Gasteiger partial charge in [0.1, 0.15) is 5.82 Å². The number of nitrogens with one attached hydrogen (secondary N) is 2. The van der Waals surface area contributed by atoms with Gasteiger partial charge in [0.15, 0.2) is 0 Å². The van der Waals surface area contributed by atoms with Gasteiger partial charge < -0.3 is 15.6 Å². The summed E-state index contributed by atoms with van der Waals surface area (Å²) in [5, 5.41) is 0. The van der Waals surface area contributed by atoms with Gasteiger partial charge in [-0.3, -0.25) is 14.6 Å². The Labute approximate surface area is 167 Å². The second kappa shape index (κ2) is 6.72. The van der Waals surface area contributed by atoms with Crippen LogP contribution < -0.4 is 11.3 Å². The lowest BCUT2D eigenvalue weighted by Crippen LogP contribution is -2.45. The van der Waals surface area contributed by atoms with E-state index in [2.05, 4.69) is 19.9 Å². The van der Waals surface area contributed by atoms with Gasteiger partial charge in [-0.15, -0.1) is 0 Å². The third-order valence-electron chi connectivity index (χ3n) is 6.48. The normalized spacial score (nSPS) is 17.7. The molecule has 2 aliphatic rings. The van der Waals surface area contributed by atoms with Crippen LogP contribution >= 0.6 is 0 Å². The highest BCUT2D eigenvalue weighted by atomic mass is 16.2. The molecule has 1 aliphatic carbocycles. The molecule has 1 aliphatic heterocycles. The van der Waals surface area contributed by atoms with E-state index < -0.39 is 0 Å². The van der Waals surface area contributed by atoms with Crippen LogP contribution in [0.15, 0.2) is 29.1 Å². The Morgan fingerprint density at radius 2 is 1.93 bits per heavy atom. The number of aryl methyl sites for hydroxylation is 1. The third kappa shape index (κ3) is 3.08. The van der Waals surface area contributed by atoms with E-state index in [0.717, 1.165) is 53.8 Å². The van der Waals surface area contributed by atoms with E-state index in [1.165, 1.54) is 0 Å². The van der Waals surface area contributed by atoms with Crippen molar-refractivity contribution in [3.8, 4) is 0 Å². The third-order valence-corrected chi connectivity index (χ3v) is 6.48. The van der Waals surface area contributed by atoms with Crippen molar-refractivity contribution in [3.05, 3.63) is 51.7 Å². The largest absolute Gasteiger partial charge is 0.369 e. The molecule has 5 rings (SSSR count). The number of H-pyrrole nitrogens is 2. The molecule has 0 atom stereocenters. The summed E-state index contributed by atoms with van der Waals surface area (Å²) in [7, 11) is 0. The van der Waals surface area contributed by atoms with Crippen LogP contribution in [0.5, 0.6) is 0 Å². The number of piperidine rings is 1. The first-order valence-corrected chi connectivity index (χ1v) is 10.1. The smallest absolute Gasteiger partial charge is 0.255 e. The van der Waals surface area contributed by atoms with Crippen LogP contribution in [-0.2, 0) is 23.1 Å². The highest BCUT2D eigenvalue weighted by molar-refractivity contribution is 5.77. The standard InChI is InChI=1S/C21H24N6O2/c22-20-25-18-13(19(29)26-20)7-8-21(18)9-11-27(12-10-21)17(28)6-5-16-23-14-3-1-2-4-15(14)24-16/h1-4H,5-12H2,(H,23,24)(H3,22,25,26,29). The molecule has 3 aromatic rings. The molecule has 150 valence electrons. The fourth-order valence-corrected chi connectivity index (χ4v) is 4.85. The van der Waals surface area contributed by atoms with E-state index in [1.54, 1.807) is 0 Å². The Morgan fingerprint density at radius 3 is 2.72 bits per heavy atom. The fraction of sp³-hybridized carbons (Fsp3) is 0.429. The molecule has 0 radical (unpaired) electrons. The number of para-hydroxylation sites is 2. The number of hydrogen-bond acceptors (Lipinski definition) is 5. The molecule has 0 unspecified atom stereocenters. The first-order valence-electron chi connectivity index (χ1n) is 10.1. The van der Waals surface area contributed by atoms with Crippen LogP contribution in [0.3, 0.4) is 0 Å². The summed E-state index contributed by atoms with van der Waals surface area (Å²) in [6, 6.07) is 7.88. The number of benzene rings is 1. The molecule has 1 amide bonds. The second-order valence-electron chi connectivity index (χ2n) is 8.14. The number of carbonyl (C=O) groups excluding carboxylic acids is 1. The number of nitrogens with two attached hydrogens (primary N) is 1. The number of anilines is 1. The van der Waals surface area contributed by atoms with Gasteiger partial charge in [0.25, 0.3) is 5.56 Å². The van der Waals surface area contributed by atoms with Gasteiger partial charge in [-0.25, -0.2) is 9.97 Å². The van der Waals surface area contributed by atoms with Gasteiger partial charge in [-0.1, -0.05) is 12.1 Å². The van der Waals surface area contributed by atoms with Crippen molar-refractivity contribution in [1.29, 1.82) is 0 Å². The molecule has 8 heteroatoms. The van der Waals surface area contributed by atoms with E-state index in [-0.39, 0.29) is 22.8 Å². The van der Waals surface area contributed by atoms with Gasteiger partial charge in [0, 0.05) is 36.9 Å². The lowest BCUT2D eigenvalue weighted by molar-refractivity contribution is -0.132. The average Bonchev–Trinajstić information content (AvgIpc) is 3.29. The minimum Gasteiger partial charge on any atom is -0.369 e. The number of imidazole rings is 1. The zero-order valence-corrected chi connectivity index (χ0v) is 16.2. The summed E-state index contributed by atoms with van der Waals surface area (Å²) in [4.78, 5) is 41.7. The van der Waals surface area contributed by atoms with E-state index in [4.69, 9.17) is 5.73 Å². The van der Waals surface area contributed by atoms with Crippen molar-refractivity contribution < 1.29 is 4.79 Å². The minimum absolute atomic E-state index is 0.117. The predicted octanol–water partition coefficient (Wildman–Crippen LogP) is 1.67. The molecule has 4 N–H and O–H groups in total. The van der Waals surface area contributed by atoms with E-state index in [0.29, 0.717) is 25.9 Å². The molecule has 1 fully saturated rings. The molecule has 0 saturated carbocycles. The maximum atomic E-state index is 12.7. The Bertz CT molecular complexity index is 1110. The molecular weight excluding hydrogens is 368 g/mol. The molecule has 1 aromatic carbocycles. The molecule has 0 bridgehead atoms. The van der Waals surface area contributed by atoms with Crippen molar-refractivity contribution >= 4 is 22.9 Å². The quantitative estimate of drug-likeness (QED) is 0.626. The van der Waals surface area contributed by atoms with Gasteiger partial charge in [0.05, 0.1) is 16.7 Å². The van der Waals surface area contributed by atoms with Crippen molar-refractivity contribution in [1.82, 2.24) is 24.8 Å². The number of carbonyl (C=O) groups is 1. The number of nitrogens with zero attached hydrogens (tertiary/aromatic N) is 3. The van der Waals surface area contributed by atoms with Gasteiger partial charge >= 0.3 is 0 Å². The highest BCUT2D eigenvalue weighted by Crippen LogP contribution is 2.44. The monoisotopic (exact) mass is 392 g/mol. The van der Waals surface area contributed by atoms with E-state index >= 15 is 0 Å². The van der Waals surface area contributed by atoms with Gasteiger partial charge in [-0.05, 0) is 37.8 Å². The summed E-state index contributed by atoms with van der Waals surface area (Å²) in [6.45, 7) is 1.37. The van der Waals surface area contributed by atoms with Crippen LogP contribution in [-0.4, -0.2) is 43.8 Å². The Balaban J connectivity index is 1.23. The first kappa shape index (κ1) is 17.9. The number of aromatic amines is 2. The molecular formula is C21H24N6O2. The number of aromatic nitrogens is 4. The maximum absolute atomic E-state index is 12.7. The lowest BCUT2D eigenvalue weighted by Gasteiger charge is -2.39. The van der Waals surface area contributed by atoms with Crippen molar-refractivity contribution in [2.24, 2.45) is 0 Å². The van der Waals surface area contributed by atoms with E-state index in [1.807, 2.05) is 29.2 Å². The zero-order chi connectivity index (χ0) is 20.0. The molecule has 8 nitrogen and oxygen atoms in total. The second-order valence-corrected chi connectivity index (χ2v) is 8.14. The van der Waals surface area contributed by atoms with Gasteiger partial charge in [0.2, 0.25) is 11.9 Å². The molecule has 1 spiro atoms. The predicted molar refractivity (Wildman–Crippen MR) is 109 cm³/mol. The summed E-state index contributed by atoms with van der Waals surface area (Å²) in [5.74, 6) is 1.17. The van der Waals surface area contributed by atoms with Crippen molar-refractivity contribution in [3.63, 3.8) is 0 Å². The van der Waals surface area contributed by atoms with Crippen molar-refractivity contribution in [2.75, 3.05) is 18.8 Å². The number of nitrogen functional groups attached to an aromatic ring is 1. The molecule has 2 aromatic heterocycles. The lowest BCUT2D eigenvalue weighted by atomic mass is 9.76. The SMILES string of the molecule is Nc1nc2c(c(=O)[nH]1)CCC21CCN(C(=O)CCc2nc3ccccc3[nH]2)CC1. The average molecular weight is 392 g/mol. The summed E-state index contributed by atoms with van der Waals surface area (Å²) < 4.78 is 0. The number of hydrogen-bond donors (Lipinski definition) is 3. The summed E-state index contributed by atoms with van der Waals surface area (Å²) in [5.41, 5.74) is 9.09. The number of likely N-dealkylation sites (tertiary alicyclic amines) is 1. The van der Waals surface area contributed by atoms with Crippen molar-refractivity contribution in [2.45, 2.75) is 43.9 Å².